The maximum Gasteiger partial charge on any atom is 0.152 e. The number of rotatable bonds is 3. The lowest BCUT2D eigenvalue weighted by atomic mass is 10.3. The van der Waals surface area contributed by atoms with E-state index in [1.165, 1.54) is 0 Å². The van der Waals surface area contributed by atoms with Crippen LogP contribution in [0.25, 0.3) is 17.1 Å². The monoisotopic (exact) mass is 242 g/mol. The first-order valence-electron chi connectivity index (χ1n) is 5.87. The second-order valence-corrected chi connectivity index (χ2v) is 4.17. The summed E-state index contributed by atoms with van der Waals surface area (Å²) in [6.45, 7) is 2.55. The van der Waals surface area contributed by atoms with Crippen molar-refractivity contribution in [3.63, 3.8) is 0 Å². The van der Waals surface area contributed by atoms with Crippen molar-refractivity contribution in [1.82, 2.24) is 14.4 Å². The lowest BCUT2D eigenvalue weighted by molar-refractivity contribution is 0.579. The molecular formula is C13H14N4O. The summed E-state index contributed by atoms with van der Waals surface area (Å²) >= 11 is 0. The highest BCUT2D eigenvalue weighted by molar-refractivity contribution is 5.59. The van der Waals surface area contributed by atoms with Crippen LogP contribution in [0.15, 0.2) is 35.1 Å². The fraction of sp³-hybridized carbons (Fsp3) is 0.231. The zero-order chi connectivity index (χ0) is 12.5. The van der Waals surface area contributed by atoms with Crippen molar-refractivity contribution in [2.45, 2.75) is 13.3 Å². The van der Waals surface area contributed by atoms with Crippen LogP contribution >= 0.6 is 0 Å². The molecule has 3 aromatic heterocycles. The van der Waals surface area contributed by atoms with Crippen molar-refractivity contribution in [2.75, 3.05) is 6.54 Å². The molecule has 0 aliphatic heterocycles. The normalized spacial score (nSPS) is 11.2. The average Bonchev–Trinajstić information content (AvgIpc) is 2.97. The molecule has 0 aliphatic carbocycles. The molecular weight excluding hydrogens is 228 g/mol. The Balaban J connectivity index is 2.14. The molecule has 92 valence electrons. The Morgan fingerprint density at radius 2 is 2.28 bits per heavy atom. The minimum absolute atomic E-state index is 0.599. The van der Waals surface area contributed by atoms with E-state index in [-0.39, 0.29) is 0 Å². The van der Waals surface area contributed by atoms with Gasteiger partial charge in [0.2, 0.25) is 0 Å². The molecule has 0 saturated carbocycles. The van der Waals surface area contributed by atoms with E-state index in [1.54, 1.807) is 6.26 Å². The second kappa shape index (κ2) is 4.27. The molecule has 0 bridgehead atoms. The van der Waals surface area contributed by atoms with Gasteiger partial charge in [0.05, 0.1) is 12.0 Å². The number of aromatic nitrogens is 3. The molecule has 0 fully saturated rings. The van der Waals surface area contributed by atoms with Gasteiger partial charge in [0.1, 0.15) is 17.2 Å². The molecule has 0 spiro atoms. The molecule has 2 N–H and O–H groups in total. The number of nitrogens with zero attached hydrogens (tertiary/aromatic N) is 3. The van der Waals surface area contributed by atoms with Gasteiger partial charge >= 0.3 is 0 Å². The fourth-order valence-electron chi connectivity index (χ4n) is 2.01. The predicted molar refractivity (Wildman–Crippen MR) is 68.2 cm³/mol. The molecule has 0 atom stereocenters. The van der Waals surface area contributed by atoms with Crippen LogP contribution in [0.1, 0.15) is 11.5 Å². The van der Waals surface area contributed by atoms with Crippen molar-refractivity contribution < 1.29 is 4.42 Å². The van der Waals surface area contributed by atoms with Gasteiger partial charge in [-0.2, -0.15) is 0 Å². The van der Waals surface area contributed by atoms with Gasteiger partial charge in [-0.05, 0) is 25.6 Å². The first kappa shape index (κ1) is 11.0. The summed E-state index contributed by atoms with van der Waals surface area (Å²) in [5, 5.41) is 0. The Bertz CT molecular complexity index is 670. The summed E-state index contributed by atoms with van der Waals surface area (Å²) in [5.74, 6) is 1.64. The van der Waals surface area contributed by atoms with Gasteiger partial charge in [-0.15, -0.1) is 0 Å². The Morgan fingerprint density at radius 3 is 3.00 bits per heavy atom. The van der Waals surface area contributed by atoms with Crippen molar-refractivity contribution in [1.29, 1.82) is 0 Å². The van der Waals surface area contributed by atoms with Crippen LogP contribution in [0.2, 0.25) is 0 Å². The summed E-state index contributed by atoms with van der Waals surface area (Å²) in [7, 11) is 0. The van der Waals surface area contributed by atoms with Crippen LogP contribution in [-0.4, -0.2) is 20.9 Å². The van der Waals surface area contributed by atoms with Crippen LogP contribution in [0, 0.1) is 6.92 Å². The third-order valence-corrected chi connectivity index (χ3v) is 2.85. The molecule has 3 aromatic rings. The summed E-state index contributed by atoms with van der Waals surface area (Å²) in [4.78, 5) is 9.05. The Morgan fingerprint density at radius 1 is 1.39 bits per heavy atom. The third kappa shape index (κ3) is 1.78. The number of aryl methyl sites for hydroxylation is 1. The third-order valence-electron chi connectivity index (χ3n) is 2.85. The van der Waals surface area contributed by atoms with Crippen LogP contribution < -0.4 is 5.73 Å². The molecule has 5 nitrogen and oxygen atoms in total. The highest BCUT2D eigenvalue weighted by atomic mass is 16.3. The van der Waals surface area contributed by atoms with Gasteiger partial charge in [-0.25, -0.2) is 9.97 Å². The number of fused-ring (bicyclic) bond motifs is 1. The van der Waals surface area contributed by atoms with Crippen molar-refractivity contribution in [2.24, 2.45) is 5.73 Å². The van der Waals surface area contributed by atoms with E-state index in [0.717, 1.165) is 35.0 Å². The van der Waals surface area contributed by atoms with E-state index in [2.05, 4.69) is 9.97 Å². The summed E-state index contributed by atoms with van der Waals surface area (Å²) in [6.07, 6.45) is 4.40. The molecule has 0 aliphatic rings. The number of imidazole rings is 1. The average molecular weight is 242 g/mol. The molecule has 0 amide bonds. The Labute approximate surface area is 104 Å². The highest BCUT2D eigenvalue weighted by Crippen LogP contribution is 2.20. The van der Waals surface area contributed by atoms with E-state index in [1.807, 2.05) is 35.7 Å². The second-order valence-electron chi connectivity index (χ2n) is 4.17. The van der Waals surface area contributed by atoms with Crippen molar-refractivity contribution in [3.05, 3.63) is 42.2 Å². The van der Waals surface area contributed by atoms with E-state index >= 15 is 0 Å². The lowest BCUT2D eigenvalue weighted by Gasteiger charge is -2.01. The smallest absolute Gasteiger partial charge is 0.152 e. The van der Waals surface area contributed by atoms with Gasteiger partial charge < -0.3 is 10.2 Å². The quantitative estimate of drug-likeness (QED) is 0.760. The number of furan rings is 1. The number of hydrogen-bond donors (Lipinski definition) is 1. The lowest BCUT2D eigenvalue weighted by Crippen LogP contribution is -2.02. The molecule has 0 unspecified atom stereocenters. The minimum Gasteiger partial charge on any atom is -0.463 e. The molecule has 0 aromatic carbocycles. The van der Waals surface area contributed by atoms with E-state index in [4.69, 9.17) is 10.2 Å². The van der Waals surface area contributed by atoms with E-state index < -0.39 is 0 Å². The summed E-state index contributed by atoms with van der Waals surface area (Å²) in [5.41, 5.74) is 8.21. The molecule has 0 saturated heterocycles. The molecule has 3 heterocycles. The molecule has 0 radical (unpaired) electrons. The minimum atomic E-state index is 0.599. The first-order valence-corrected chi connectivity index (χ1v) is 5.87. The predicted octanol–water partition coefficient (Wildman–Crippen LogP) is 1.80. The van der Waals surface area contributed by atoms with E-state index in [9.17, 15) is 0 Å². The summed E-state index contributed by atoms with van der Waals surface area (Å²) < 4.78 is 7.33. The topological polar surface area (TPSA) is 69.3 Å². The van der Waals surface area contributed by atoms with Crippen LogP contribution in [-0.2, 0) is 6.42 Å². The first-order chi connectivity index (χ1) is 8.78. The largest absolute Gasteiger partial charge is 0.463 e. The number of hydrogen-bond acceptors (Lipinski definition) is 4. The highest BCUT2D eigenvalue weighted by Gasteiger charge is 2.09. The number of nitrogens with two attached hydrogens (primary N) is 1. The van der Waals surface area contributed by atoms with Crippen LogP contribution in [0.3, 0.4) is 0 Å². The van der Waals surface area contributed by atoms with Crippen molar-refractivity contribution >= 4 is 5.65 Å². The maximum atomic E-state index is 5.55. The van der Waals surface area contributed by atoms with Gasteiger partial charge in [-0.3, -0.25) is 4.40 Å². The van der Waals surface area contributed by atoms with Crippen LogP contribution in [0.4, 0.5) is 0 Å². The van der Waals surface area contributed by atoms with Gasteiger partial charge in [-0.1, -0.05) is 0 Å². The van der Waals surface area contributed by atoms with E-state index in [0.29, 0.717) is 6.54 Å². The van der Waals surface area contributed by atoms with Gasteiger partial charge in [0, 0.05) is 18.7 Å². The maximum absolute atomic E-state index is 5.55. The van der Waals surface area contributed by atoms with Crippen molar-refractivity contribution in [3.8, 4) is 11.5 Å². The zero-order valence-electron chi connectivity index (χ0n) is 10.1. The zero-order valence-corrected chi connectivity index (χ0v) is 10.1. The Kier molecular flexibility index (Phi) is 2.60. The summed E-state index contributed by atoms with van der Waals surface area (Å²) in [6, 6.07) is 5.66. The molecule has 5 heteroatoms. The molecule has 3 rings (SSSR count). The van der Waals surface area contributed by atoms with Crippen LogP contribution in [0.5, 0.6) is 0 Å². The Hall–Kier alpha value is -2.14. The SMILES string of the molecule is Cc1nc(-c2ccco2)cc2nc(CCN)cn12. The van der Waals surface area contributed by atoms with Gasteiger partial charge in [0.15, 0.2) is 5.76 Å². The standard InChI is InChI=1S/C13H14N4O/c1-9-15-11(12-3-2-6-18-12)7-13-16-10(4-5-14)8-17(9)13/h2-3,6-8H,4-5,14H2,1H3. The van der Waals surface area contributed by atoms with Gasteiger partial charge in [0.25, 0.3) is 0 Å². The fourth-order valence-corrected chi connectivity index (χ4v) is 2.01. The molecule has 18 heavy (non-hydrogen) atoms.